The van der Waals surface area contributed by atoms with Crippen LogP contribution in [0.4, 0.5) is 4.39 Å². The Morgan fingerprint density at radius 2 is 2.04 bits per heavy atom. The van der Waals surface area contributed by atoms with Gasteiger partial charge < -0.3 is 4.90 Å². The molecule has 6 heteroatoms. The van der Waals surface area contributed by atoms with E-state index in [2.05, 4.69) is 10.2 Å². The number of aryl methyl sites for hydroxylation is 1. The lowest BCUT2D eigenvalue weighted by molar-refractivity contribution is -0.121. The lowest BCUT2D eigenvalue weighted by Gasteiger charge is -2.26. The first kappa shape index (κ1) is 18.3. The first-order valence-electron chi connectivity index (χ1n) is 9.09. The molecule has 1 saturated carbocycles. The normalized spacial score (nSPS) is 15.2. The van der Waals surface area contributed by atoms with E-state index in [0.29, 0.717) is 42.3 Å². The van der Waals surface area contributed by atoms with Gasteiger partial charge in [0.2, 0.25) is 0 Å². The van der Waals surface area contributed by atoms with Crippen molar-refractivity contribution in [1.29, 1.82) is 0 Å². The number of carbonyl (C=O) groups excluding carboxylic acids is 2. The average molecular weight is 357 g/mol. The standard InChI is InChI=1S/C20H24FN3O2/c1-14-12-19(23-22-14)20(26)24(13-16-4-2-3-5-18(16)21)11-10-15-6-8-17(25)9-7-15/h2-5,12,15H,6-11,13H2,1H3,(H,22,23). The molecule has 5 nitrogen and oxygen atoms in total. The molecule has 1 aromatic heterocycles. The van der Waals surface area contributed by atoms with E-state index in [-0.39, 0.29) is 18.3 Å². The monoisotopic (exact) mass is 357 g/mol. The summed E-state index contributed by atoms with van der Waals surface area (Å²) >= 11 is 0. The molecule has 1 aromatic carbocycles. The number of nitrogens with zero attached hydrogens (tertiary/aromatic N) is 2. The number of amides is 1. The van der Waals surface area contributed by atoms with E-state index < -0.39 is 0 Å². The van der Waals surface area contributed by atoms with Gasteiger partial charge in [-0.25, -0.2) is 4.39 Å². The van der Waals surface area contributed by atoms with Gasteiger partial charge in [-0.3, -0.25) is 14.7 Å². The molecule has 26 heavy (non-hydrogen) atoms. The van der Waals surface area contributed by atoms with Gasteiger partial charge in [0.05, 0.1) is 0 Å². The van der Waals surface area contributed by atoms with Crippen LogP contribution in [0.1, 0.15) is 53.8 Å². The Morgan fingerprint density at radius 3 is 2.69 bits per heavy atom. The fraction of sp³-hybridized carbons (Fsp3) is 0.450. The van der Waals surface area contributed by atoms with Gasteiger partial charge in [-0.1, -0.05) is 18.2 Å². The van der Waals surface area contributed by atoms with E-state index in [4.69, 9.17) is 0 Å². The van der Waals surface area contributed by atoms with Gasteiger partial charge in [0.15, 0.2) is 0 Å². The molecule has 1 aliphatic carbocycles. The topological polar surface area (TPSA) is 66.1 Å². The summed E-state index contributed by atoms with van der Waals surface area (Å²) in [6.07, 6.45) is 3.83. The Morgan fingerprint density at radius 1 is 1.31 bits per heavy atom. The van der Waals surface area contributed by atoms with E-state index in [1.807, 2.05) is 6.92 Å². The van der Waals surface area contributed by atoms with Crippen molar-refractivity contribution < 1.29 is 14.0 Å². The van der Waals surface area contributed by atoms with Gasteiger partial charge in [-0.05, 0) is 44.2 Å². The van der Waals surface area contributed by atoms with E-state index in [9.17, 15) is 14.0 Å². The minimum Gasteiger partial charge on any atom is -0.333 e. The minimum atomic E-state index is -0.313. The third-order valence-electron chi connectivity index (χ3n) is 5.00. The SMILES string of the molecule is Cc1cc(C(=O)N(CCC2CCC(=O)CC2)Cc2ccccc2F)n[nH]1. The number of nitrogens with one attached hydrogen (secondary N) is 1. The number of aromatic nitrogens is 2. The van der Waals surface area contributed by atoms with Crippen LogP contribution < -0.4 is 0 Å². The summed E-state index contributed by atoms with van der Waals surface area (Å²) in [4.78, 5) is 25.9. The predicted molar refractivity (Wildman–Crippen MR) is 96.0 cm³/mol. The van der Waals surface area contributed by atoms with Gasteiger partial charge >= 0.3 is 0 Å². The van der Waals surface area contributed by atoms with E-state index in [1.165, 1.54) is 6.07 Å². The fourth-order valence-corrected chi connectivity index (χ4v) is 3.40. The van der Waals surface area contributed by atoms with Crippen molar-refractivity contribution in [3.63, 3.8) is 0 Å². The highest BCUT2D eigenvalue weighted by Crippen LogP contribution is 2.25. The highest BCUT2D eigenvalue weighted by molar-refractivity contribution is 5.92. The number of ketones is 1. The van der Waals surface area contributed by atoms with Crippen LogP contribution in [0.25, 0.3) is 0 Å². The fourth-order valence-electron chi connectivity index (χ4n) is 3.40. The number of carbonyl (C=O) groups is 2. The maximum Gasteiger partial charge on any atom is 0.274 e. The Kier molecular flexibility index (Phi) is 5.81. The molecule has 0 radical (unpaired) electrons. The Labute approximate surface area is 152 Å². The smallest absolute Gasteiger partial charge is 0.274 e. The van der Waals surface area contributed by atoms with Crippen LogP contribution in [0, 0.1) is 18.7 Å². The Balaban J connectivity index is 1.71. The second-order valence-corrected chi connectivity index (χ2v) is 7.03. The van der Waals surface area contributed by atoms with Gasteiger partial charge in [-0.15, -0.1) is 0 Å². The van der Waals surface area contributed by atoms with Crippen molar-refractivity contribution in [2.24, 2.45) is 5.92 Å². The predicted octanol–water partition coefficient (Wildman–Crippen LogP) is 3.65. The molecular weight excluding hydrogens is 333 g/mol. The summed E-state index contributed by atoms with van der Waals surface area (Å²) < 4.78 is 14.1. The van der Waals surface area contributed by atoms with Gasteiger partial charge in [-0.2, -0.15) is 5.10 Å². The second-order valence-electron chi connectivity index (χ2n) is 7.03. The largest absolute Gasteiger partial charge is 0.333 e. The summed E-state index contributed by atoms with van der Waals surface area (Å²) in [6, 6.07) is 8.22. The van der Waals surface area contributed by atoms with E-state index in [1.54, 1.807) is 29.2 Å². The highest BCUT2D eigenvalue weighted by atomic mass is 19.1. The number of benzene rings is 1. The number of hydrogen-bond acceptors (Lipinski definition) is 3. The van der Waals surface area contributed by atoms with Crippen LogP contribution in [-0.4, -0.2) is 33.3 Å². The summed E-state index contributed by atoms with van der Waals surface area (Å²) in [6.45, 7) is 2.57. The molecule has 3 rings (SSSR count). The maximum atomic E-state index is 14.1. The molecular formula is C20H24FN3O2. The molecule has 0 bridgehead atoms. The molecule has 0 unspecified atom stereocenters. The van der Waals surface area contributed by atoms with Crippen LogP contribution >= 0.6 is 0 Å². The number of Topliss-reactive ketones (excluding diaryl/α,β-unsaturated/α-hetero) is 1. The Hall–Kier alpha value is -2.50. The van der Waals surface area contributed by atoms with Crippen LogP contribution in [-0.2, 0) is 11.3 Å². The van der Waals surface area contributed by atoms with Crippen molar-refractivity contribution in [2.75, 3.05) is 6.54 Å². The zero-order valence-electron chi connectivity index (χ0n) is 15.0. The zero-order chi connectivity index (χ0) is 18.5. The molecule has 0 saturated heterocycles. The van der Waals surface area contributed by atoms with Gasteiger partial charge in [0.1, 0.15) is 17.3 Å². The quantitative estimate of drug-likeness (QED) is 0.858. The number of aromatic amines is 1. The van der Waals surface area contributed by atoms with Gasteiger partial charge in [0.25, 0.3) is 5.91 Å². The van der Waals surface area contributed by atoms with Crippen molar-refractivity contribution in [2.45, 2.75) is 45.6 Å². The number of hydrogen-bond donors (Lipinski definition) is 1. The molecule has 1 amide bonds. The van der Waals surface area contributed by atoms with Crippen molar-refractivity contribution in [3.8, 4) is 0 Å². The summed E-state index contributed by atoms with van der Waals surface area (Å²) in [7, 11) is 0. The average Bonchev–Trinajstić information content (AvgIpc) is 3.07. The second kappa shape index (κ2) is 8.25. The van der Waals surface area contributed by atoms with Crippen LogP contribution in [0.15, 0.2) is 30.3 Å². The lowest BCUT2D eigenvalue weighted by Crippen LogP contribution is -2.33. The summed E-state index contributed by atoms with van der Waals surface area (Å²) in [5, 5.41) is 6.83. The van der Waals surface area contributed by atoms with Gasteiger partial charge in [0, 0.05) is 37.2 Å². The van der Waals surface area contributed by atoms with E-state index in [0.717, 1.165) is 25.0 Å². The Bertz CT molecular complexity index is 777. The maximum absolute atomic E-state index is 14.1. The van der Waals surface area contributed by atoms with Crippen molar-refractivity contribution in [3.05, 3.63) is 53.1 Å². The summed E-state index contributed by atoms with van der Waals surface area (Å²) in [5.41, 5.74) is 1.65. The van der Waals surface area contributed by atoms with Crippen molar-refractivity contribution >= 4 is 11.7 Å². The number of rotatable bonds is 6. The first-order chi connectivity index (χ1) is 12.5. The third kappa shape index (κ3) is 4.56. The minimum absolute atomic E-state index is 0.204. The molecule has 0 atom stereocenters. The van der Waals surface area contributed by atoms with Crippen LogP contribution in [0.3, 0.4) is 0 Å². The van der Waals surface area contributed by atoms with E-state index >= 15 is 0 Å². The molecule has 0 aliphatic heterocycles. The lowest BCUT2D eigenvalue weighted by atomic mass is 9.86. The molecule has 1 fully saturated rings. The number of halogens is 1. The first-order valence-corrected chi connectivity index (χ1v) is 9.09. The van der Waals surface area contributed by atoms with Crippen LogP contribution in [0.2, 0.25) is 0 Å². The molecule has 1 heterocycles. The third-order valence-corrected chi connectivity index (χ3v) is 5.00. The molecule has 138 valence electrons. The molecule has 1 aliphatic rings. The molecule has 1 N–H and O–H groups in total. The van der Waals surface area contributed by atoms with Crippen LogP contribution in [0.5, 0.6) is 0 Å². The van der Waals surface area contributed by atoms with Crippen molar-refractivity contribution in [1.82, 2.24) is 15.1 Å². The summed E-state index contributed by atoms with van der Waals surface area (Å²) in [5.74, 6) is 0.244. The number of H-pyrrole nitrogens is 1. The molecule has 0 spiro atoms. The highest BCUT2D eigenvalue weighted by Gasteiger charge is 2.23. The zero-order valence-corrected chi connectivity index (χ0v) is 15.0. The molecule has 2 aromatic rings.